The zero-order valence-corrected chi connectivity index (χ0v) is 16.1. The number of anilines is 1. The fourth-order valence-electron chi connectivity index (χ4n) is 2.08. The van der Waals surface area contributed by atoms with Gasteiger partial charge in [-0.3, -0.25) is 4.79 Å². The second kappa shape index (κ2) is 7.56. The van der Waals surface area contributed by atoms with Crippen LogP contribution in [0, 0.1) is 20.8 Å². The Morgan fingerprint density at radius 1 is 1.22 bits per heavy atom. The largest absolute Gasteiger partial charge is 0.483 e. The first kappa shape index (κ1) is 18.1. The average molecular weight is 417 g/mol. The molecule has 0 bridgehead atoms. The molecule has 3 nitrogen and oxygen atoms in total. The van der Waals surface area contributed by atoms with Gasteiger partial charge >= 0.3 is 0 Å². The van der Waals surface area contributed by atoms with Crippen molar-refractivity contribution in [2.75, 3.05) is 11.9 Å². The number of ether oxygens (including phenoxy) is 1. The first-order valence-corrected chi connectivity index (χ1v) is 8.49. The molecule has 2 aromatic rings. The molecule has 0 radical (unpaired) electrons. The number of amides is 1. The predicted octanol–water partition coefficient (Wildman–Crippen LogP) is 5.70. The van der Waals surface area contributed by atoms with E-state index >= 15 is 0 Å². The molecule has 0 unspecified atom stereocenters. The quantitative estimate of drug-likeness (QED) is 0.694. The van der Waals surface area contributed by atoms with E-state index in [-0.39, 0.29) is 12.5 Å². The van der Waals surface area contributed by atoms with Gasteiger partial charge in [0.1, 0.15) is 5.75 Å². The Labute approximate surface area is 154 Å². The van der Waals surface area contributed by atoms with Gasteiger partial charge in [-0.1, -0.05) is 29.3 Å². The van der Waals surface area contributed by atoms with E-state index in [1.807, 2.05) is 20.8 Å². The van der Waals surface area contributed by atoms with E-state index in [2.05, 4.69) is 21.2 Å². The van der Waals surface area contributed by atoms with Crippen molar-refractivity contribution < 1.29 is 9.53 Å². The van der Waals surface area contributed by atoms with Crippen LogP contribution in [-0.4, -0.2) is 12.5 Å². The summed E-state index contributed by atoms with van der Waals surface area (Å²) in [7, 11) is 0. The maximum Gasteiger partial charge on any atom is 0.262 e. The monoisotopic (exact) mass is 415 g/mol. The fourth-order valence-corrected chi connectivity index (χ4v) is 2.94. The SMILES string of the molecule is Cc1cc(OCC(=O)Nc2cccc(Cl)c2C)c(Br)c(C)c1Cl. The summed E-state index contributed by atoms with van der Waals surface area (Å²) in [6.07, 6.45) is 0. The van der Waals surface area contributed by atoms with Crippen molar-refractivity contribution in [3.63, 3.8) is 0 Å². The molecule has 6 heteroatoms. The lowest BCUT2D eigenvalue weighted by Gasteiger charge is -2.14. The standard InChI is InChI=1S/C17H16BrCl2NO2/c1-9-7-14(16(18)11(3)17(9)20)23-8-15(22)21-13-6-4-5-12(19)10(13)2/h4-7H,8H2,1-3H3,(H,21,22). The summed E-state index contributed by atoms with van der Waals surface area (Å²) in [4.78, 5) is 12.1. The molecular weight excluding hydrogens is 401 g/mol. The summed E-state index contributed by atoms with van der Waals surface area (Å²) in [6, 6.07) is 7.16. The average Bonchev–Trinajstić information content (AvgIpc) is 2.52. The number of hydrogen-bond acceptors (Lipinski definition) is 2. The van der Waals surface area contributed by atoms with Crippen LogP contribution in [0.25, 0.3) is 0 Å². The number of rotatable bonds is 4. The van der Waals surface area contributed by atoms with E-state index in [1.54, 1.807) is 24.3 Å². The van der Waals surface area contributed by atoms with Gasteiger partial charge in [-0.2, -0.15) is 0 Å². The highest BCUT2D eigenvalue weighted by atomic mass is 79.9. The molecule has 23 heavy (non-hydrogen) atoms. The first-order valence-electron chi connectivity index (χ1n) is 6.94. The van der Waals surface area contributed by atoms with E-state index in [1.165, 1.54) is 0 Å². The first-order chi connectivity index (χ1) is 10.8. The van der Waals surface area contributed by atoms with E-state index < -0.39 is 0 Å². The Hall–Kier alpha value is -1.23. The molecule has 0 saturated carbocycles. The van der Waals surface area contributed by atoms with Gasteiger partial charge in [-0.05, 0) is 71.6 Å². The van der Waals surface area contributed by atoms with Gasteiger partial charge in [-0.25, -0.2) is 0 Å². The van der Waals surface area contributed by atoms with Crippen LogP contribution < -0.4 is 10.1 Å². The fraction of sp³-hybridized carbons (Fsp3) is 0.235. The molecule has 0 aromatic heterocycles. The van der Waals surface area contributed by atoms with Crippen molar-refractivity contribution in [2.45, 2.75) is 20.8 Å². The normalized spacial score (nSPS) is 10.5. The Morgan fingerprint density at radius 2 is 1.91 bits per heavy atom. The molecule has 2 rings (SSSR count). The molecule has 1 amide bonds. The van der Waals surface area contributed by atoms with Gasteiger partial charge in [0.05, 0.1) is 4.47 Å². The summed E-state index contributed by atoms with van der Waals surface area (Å²) in [6.45, 7) is 5.53. The Morgan fingerprint density at radius 3 is 2.61 bits per heavy atom. The number of nitrogens with one attached hydrogen (secondary N) is 1. The zero-order chi connectivity index (χ0) is 17.1. The predicted molar refractivity (Wildman–Crippen MR) is 98.9 cm³/mol. The summed E-state index contributed by atoms with van der Waals surface area (Å²) in [5.41, 5.74) is 3.27. The van der Waals surface area contributed by atoms with Crippen LogP contribution in [0.3, 0.4) is 0 Å². The number of aryl methyl sites for hydroxylation is 1. The highest BCUT2D eigenvalue weighted by molar-refractivity contribution is 9.10. The van der Waals surface area contributed by atoms with Gasteiger partial charge in [0, 0.05) is 15.7 Å². The Bertz CT molecular complexity index is 763. The smallest absolute Gasteiger partial charge is 0.262 e. The summed E-state index contributed by atoms with van der Waals surface area (Å²) >= 11 is 15.7. The van der Waals surface area contributed by atoms with E-state index in [4.69, 9.17) is 27.9 Å². The van der Waals surface area contributed by atoms with Crippen molar-refractivity contribution in [1.29, 1.82) is 0 Å². The van der Waals surface area contributed by atoms with E-state index in [0.29, 0.717) is 21.5 Å². The molecular formula is C17H16BrCl2NO2. The van der Waals surface area contributed by atoms with Crippen LogP contribution >= 0.6 is 39.1 Å². The molecule has 0 saturated heterocycles. The number of halogens is 3. The third kappa shape index (κ3) is 4.19. The van der Waals surface area contributed by atoms with Crippen LogP contribution in [0.2, 0.25) is 10.0 Å². The van der Waals surface area contributed by atoms with Gasteiger partial charge in [0.15, 0.2) is 6.61 Å². The summed E-state index contributed by atoms with van der Waals surface area (Å²) < 4.78 is 6.36. The van der Waals surface area contributed by atoms with Gasteiger partial charge in [0.25, 0.3) is 5.91 Å². The highest BCUT2D eigenvalue weighted by Gasteiger charge is 2.13. The van der Waals surface area contributed by atoms with Gasteiger partial charge in [0.2, 0.25) is 0 Å². The lowest BCUT2D eigenvalue weighted by molar-refractivity contribution is -0.118. The Kier molecular flexibility index (Phi) is 5.95. The summed E-state index contributed by atoms with van der Waals surface area (Å²) in [5, 5.41) is 4.08. The van der Waals surface area contributed by atoms with Crippen molar-refractivity contribution in [3.8, 4) is 5.75 Å². The van der Waals surface area contributed by atoms with Crippen molar-refractivity contribution in [3.05, 3.63) is 55.5 Å². The minimum Gasteiger partial charge on any atom is -0.483 e. The third-order valence-electron chi connectivity index (χ3n) is 3.47. The second-order valence-electron chi connectivity index (χ2n) is 5.19. The number of benzene rings is 2. The molecule has 0 heterocycles. The molecule has 1 N–H and O–H groups in total. The number of carbonyl (C=O) groups is 1. The number of carbonyl (C=O) groups excluding carboxylic acids is 1. The molecule has 0 aliphatic rings. The van der Waals surface area contributed by atoms with Gasteiger partial charge < -0.3 is 10.1 Å². The lowest BCUT2D eigenvalue weighted by Crippen LogP contribution is -2.21. The van der Waals surface area contributed by atoms with E-state index in [0.717, 1.165) is 21.2 Å². The zero-order valence-electron chi connectivity index (χ0n) is 13.0. The number of hydrogen-bond donors (Lipinski definition) is 1. The lowest BCUT2D eigenvalue weighted by atomic mass is 10.1. The maximum absolute atomic E-state index is 12.1. The van der Waals surface area contributed by atoms with Gasteiger partial charge in [-0.15, -0.1) is 0 Å². The maximum atomic E-state index is 12.1. The third-order valence-corrected chi connectivity index (χ3v) is 5.45. The van der Waals surface area contributed by atoms with E-state index in [9.17, 15) is 4.79 Å². The minimum atomic E-state index is -0.257. The molecule has 2 aromatic carbocycles. The molecule has 122 valence electrons. The van der Waals surface area contributed by atoms with Crippen LogP contribution in [0.4, 0.5) is 5.69 Å². The molecule has 0 aliphatic heterocycles. The van der Waals surface area contributed by atoms with Crippen LogP contribution in [0.1, 0.15) is 16.7 Å². The second-order valence-corrected chi connectivity index (χ2v) is 6.77. The van der Waals surface area contributed by atoms with Crippen LogP contribution in [-0.2, 0) is 4.79 Å². The molecule has 0 fully saturated rings. The minimum absolute atomic E-state index is 0.106. The molecule has 0 spiro atoms. The summed E-state index contributed by atoms with van der Waals surface area (Å²) in [5.74, 6) is 0.329. The molecule has 0 atom stereocenters. The van der Waals surface area contributed by atoms with Crippen molar-refractivity contribution in [2.24, 2.45) is 0 Å². The van der Waals surface area contributed by atoms with Crippen molar-refractivity contribution in [1.82, 2.24) is 0 Å². The van der Waals surface area contributed by atoms with Crippen LogP contribution in [0.5, 0.6) is 5.75 Å². The topological polar surface area (TPSA) is 38.3 Å². The Balaban J connectivity index is 2.07. The van der Waals surface area contributed by atoms with Crippen molar-refractivity contribution >= 4 is 50.7 Å². The van der Waals surface area contributed by atoms with Crippen LogP contribution in [0.15, 0.2) is 28.7 Å². The highest BCUT2D eigenvalue weighted by Crippen LogP contribution is 2.35. The molecule has 0 aliphatic carbocycles.